The zero-order valence-electron chi connectivity index (χ0n) is 15.0. The number of fused-ring (bicyclic) bond motifs is 1. The highest BCUT2D eigenvalue weighted by Gasteiger charge is 2.15. The van der Waals surface area contributed by atoms with Crippen molar-refractivity contribution in [3.8, 4) is 17.3 Å². The van der Waals surface area contributed by atoms with E-state index in [0.29, 0.717) is 24.7 Å². The maximum absolute atomic E-state index is 5.92. The number of para-hydroxylation sites is 3. The minimum atomic E-state index is 0.363. The molecular formula is C22H17N3O3. The molecule has 5 rings (SSSR count). The Bertz CT molecular complexity index is 1190. The molecule has 5 aromatic rings. The van der Waals surface area contributed by atoms with Gasteiger partial charge in [0.15, 0.2) is 5.76 Å². The van der Waals surface area contributed by atoms with E-state index >= 15 is 0 Å². The number of hydrogen-bond acceptors (Lipinski definition) is 5. The molecule has 0 saturated carbocycles. The van der Waals surface area contributed by atoms with Crippen LogP contribution in [0.25, 0.3) is 22.6 Å². The van der Waals surface area contributed by atoms with Gasteiger partial charge in [-0.25, -0.2) is 4.98 Å². The van der Waals surface area contributed by atoms with E-state index in [4.69, 9.17) is 18.7 Å². The van der Waals surface area contributed by atoms with Crippen LogP contribution in [0, 0.1) is 0 Å². The highest BCUT2D eigenvalue weighted by atomic mass is 16.5. The summed E-state index contributed by atoms with van der Waals surface area (Å²) in [6, 6.07) is 23.3. The van der Waals surface area contributed by atoms with Crippen LogP contribution in [0.4, 0.5) is 0 Å². The molecule has 6 nitrogen and oxygen atoms in total. The standard InChI is InChI=1S/C22H17N3O3/c1-2-7-17(8-3-1)27-15-22-23-18-9-4-5-10-19(18)25(22)14-16-13-21(28-24-16)20-11-6-12-26-20/h1-13H,14-15H2. The highest BCUT2D eigenvalue weighted by molar-refractivity contribution is 5.76. The molecule has 0 saturated heterocycles. The molecule has 138 valence electrons. The Morgan fingerprint density at radius 3 is 2.61 bits per heavy atom. The first-order valence-electron chi connectivity index (χ1n) is 8.98. The first-order valence-corrected chi connectivity index (χ1v) is 8.98. The summed E-state index contributed by atoms with van der Waals surface area (Å²) in [6.07, 6.45) is 1.61. The zero-order valence-corrected chi connectivity index (χ0v) is 15.0. The minimum absolute atomic E-state index is 0.363. The summed E-state index contributed by atoms with van der Waals surface area (Å²) in [4.78, 5) is 4.74. The summed E-state index contributed by atoms with van der Waals surface area (Å²) in [7, 11) is 0. The topological polar surface area (TPSA) is 66.2 Å². The Hall–Kier alpha value is -3.80. The maximum Gasteiger partial charge on any atom is 0.202 e. The van der Waals surface area contributed by atoms with Crippen molar-refractivity contribution in [1.82, 2.24) is 14.7 Å². The van der Waals surface area contributed by atoms with Gasteiger partial charge in [0.25, 0.3) is 0 Å². The van der Waals surface area contributed by atoms with Crippen molar-refractivity contribution in [2.75, 3.05) is 0 Å². The number of aromatic nitrogens is 3. The predicted molar refractivity (Wildman–Crippen MR) is 104 cm³/mol. The normalized spacial score (nSPS) is 11.1. The van der Waals surface area contributed by atoms with Crippen LogP contribution in [0.3, 0.4) is 0 Å². The highest BCUT2D eigenvalue weighted by Crippen LogP contribution is 2.23. The molecule has 0 bridgehead atoms. The second-order valence-electron chi connectivity index (χ2n) is 6.36. The van der Waals surface area contributed by atoms with Gasteiger partial charge in [0, 0.05) is 6.07 Å². The molecule has 28 heavy (non-hydrogen) atoms. The molecule has 0 aliphatic carbocycles. The van der Waals surface area contributed by atoms with E-state index < -0.39 is 0 Å². The molecule has 6 heteroatoms. The third-order valence-electron chi connectivity index (χ3n) is 4.49. The van der Waals surface area contributed by atoms with Crippen LogP contribution in [0.1, 0.15) is 11.5 Å². The minimum Gasteiger partial charge on any atom is -0.486 e. The average molecular weight is 371 g/mol. The maximum atomic E-state index is 5.92. The van der Waals surface area contributed by atoms with Gasteiger partial charge in [-0.3, -0.25) is 0 Å². The second kappa shape index (κ2) is 7.08. The van der Waals surface area contributed by atoms with Gasteiger partial charge in [0.2, 0.25) is 5.76 Å². The fourth-order valence-corrected chi connectivity index (χ4v) is 3.16. The van der Waals surface area contributed by atoms with E-state index in [1.165, 1.54) is 0 Å². The lowest BCUT2D eigenvalue weighted by atomic mass is 10.3. The molecule has 3 heterocycles. The van der Waals surface area contributed by atoms with Crippen molar-refractivity contribution in [2.24, 2.45) is 0 Å². The first-order chi connectivity index (χ1) is 13.9. The summed E-state index contributed by atoms with van der Waals surface area (Å²) in [5, 5.41) is 4.19. The summed E-state index contributed by atoms with van der Waals surface area (Å²) in [6.45, 7) is 0.889. The molecule has 2 aromatic carbocycles. The number of furan rings is 1. The van der Waals surface area contributed by atoms with E-state index in [0.717, 1.165) is 28.3 Å². The Labute approximate surface area is 161 Å². The number of imidazole rings is 1. The summed E-state index contributed by atoms with van der Waals surface area (Å²) in [5.41, 5.74) is 2.73. The quantitative estimate of drug-likeness (QED) is 0.424. The van der Waals surface area contributed by atoms with Crippen LogP contribution in [0.2, 0.25) is 0 Å². The van der Waals surface area contributed by atoms with Crippen LogP contribution in [-0.2, 0) is 13.2 Å². The lowest BCUT2D eigenvalue weighted by molar-refractivity contribution is 0.291. The van der Waals surface area contributed by atoms with Crippen molar-refractivity contribution in [3.05, 3.63) is 90.6 Å². The molecule has 0 amide bonds. The number of benzene rings is 2. The van der Waals surface area contributed by atoms with Gasteiger partial charge in [-0.15, -0.1) is 0 Å². The van der Waals surface area contributed by atoms with Crippen LogP contribution >= 0.6 is 0 Å². The van der Waals surface area contributed by atoms with E-state index in [1.54, 1.807) is 6.26 Å². The number of nitrogens with zero attached hydrogens (tertiary/aromatic N) is 3. The van der Waals surface area contributed by atoms with Gasteiger partial charge in [-0.2, -0.15) is 0 Å². The van der Waals surface area contributed by atoms with Gasteiger partial charge in [0.05, 0.1) is 23.8 Å². The van der Waals surface area contributed by atoms with E-state index in [1.807, 2.05) is 72.8 Å². The Balaban J connectivity index is 1.45. The summed E-state index contributed by atoms with van der Waals surface area (Å²) in [5.74, 6) is 2.89. The van der Waals surface area contributed by atoms with Crippen LogP contribution in [0.5, 0.6) is 5.75 Å². The van der Waals surface area contributed by atoms with Gasteiger partial charge in [-0.05, 0) is 36.4 Å². The van der Waals surface area contributed by atoms with Crippen LogP contribution in [0.15, 0.2) is 88.0 Å². The molecule has 0 aliphatic rings. The third kappa shape index (κ3) is 3.16. The van der Waals surface area contributed by atoms with E-state index in [-0.39, 0.29) is 0 Å². The molecule has 0 radical (unpaired) electrons. The Morgan fingerprint density at radius 2 is 1.75 bits per heavy atom. The van der Waals surface area contributed by atoms with E-state index in [9.17, 15) is 0 Å². The van der Waals surface area contributed by atoms with Crippen molar-refractivity contribution in [1.29, 1.82) is 0 Å². The Kier molecular flexibility index (Phi) is 4.14. The van der Waals surface area contributed by atoms with Gasteiger partial charge in [-0.1, -0.05) is 35.5 Å². The number of hydrogen-bond donors (Lipinski definition) is 0. The Morgan fingerprint density at radius 1 is 0.893 bits per heavy atom. The smallest absolute Gasteiger partial charge is 0.202 e. The van der Waals surface area contributed by atoms with Crippen LogP contribution < -0.4 is 4.74 Å². The second-order valence-corrected chi connectivity index (χ2v) is 6.36. The molecule has 0 N–H and O–H groups in total. The first kappa shape index (κ1) is 16.4. The fourth-order valence-electron chi connectivity index (χ4n) is 3.16. The molecule has 3 aromatic heterocycles. The third-order valence-corrected chi connectivity index (χ3v) is 4.49. The molecule has 0 aliphatic heterocycles. The summed E-state index contributed by atoms with van der Waals surface area (Å²) >= 11 is 0. The van der Waals surface area contributed by atoms with Gasteiger partial charge < -0.3 is 18.2 Å². The molecular weight excluding hydrogens is 354 g/mol. The van der Waals surface area contributed by atoms with E-state index in [2.05, 4.69) is 9.72 Å². The van der Waals surface area contributed by atoms with Crippen LogP contribution in [-0.4, -0.2) is 14.7 Å². The molecule has 0 atom stereocenters. The lowest BCUT2D eigenvalue weighted by Gasteiger charge is -2.09. The zero-order chi connectivity index (χ0) is 18.8. The van der Waals surface area contributed by atoms with Crippen molar-refractivity contribution >= 4 is 11.0 Å². The van der Waals surface area contributed by atoms with Crippen molar-refractivity contribution in [3.63, 3.8) is 0 Å². The molecule has 0 spiro atoms. The number of ether oxygens (including phenoxy) is 1. The molecule has 0 fully saturated rings. The predicted octanol–water partition coefficient (Wildman–Crippen LogP) is 4.91. The summed E-state index contributed by atoms with van der Waals surface area (Å²) < 4.78 is 18.8. The monoisotopic (exact) mass is 371 g/mol. The van der Waals surface area contributed by atoms with Crippen molar-refractivity contribution < 1.29 is 13.7 Å². The number of rotatable bonds is 6. The van der Waals surface area contributed by atoms with Gasteiger partial charge in [0.1, 0.15) is 23.9 Å². The largest absolute Gasteiger partial charge is 0.486 e. The SMILES string of the molecule is c1ccc(OCc2nc3ccccc3n2Cc2cc(-c3ccco3)on2)cc1. The lowest BCUT2D eigenvalue weighted by Crippen LogP contribution is -2.08. The average Bonchev–Trinajstić information content (AvgIpc) is 3.48. The fraction of sp³-hybridized carbons (Fsp3) is 0.0909. The van der Waals surface area contributed by atoms with Gasteiger partial charge >= 0.3 is 0 Å². The van der Waals surface area contributed by atoms with Crippen molar-refractivity contribution in [2.45, 2.75) is 13.2 Å². The molecule has 0 unspecified atom stereocenters.